The third-order valence-corrected chi connectivity index (χ3v) is 2.93. The normalized spacial score (nSPS) is 20.3. The first-order valence-corrected chi connectivity index (χ1v) is 4.62. The van der Waals surface area contributed by atoms with Crippen LogP contribution in [0.5, 0.6) is 0 Å². The Bertz CT molecular complexity index is 280. The molecule has 56 valence electrons. The molecule has 0 bridgehead atoms. The summed E-state index contributed by atoms with van der Waals surface area (Å²) in [5.41, 5.74) is 2.57. The van der Waals surface area contributed by atoms with Crippen LogP contribution in [0, 0.1) is 11.3 Å². The van der Waals surface area contributed by atoms with Crippen LogP contribution in [0.1, 0.15) is 25.0 Å². The molecule has 1 aliphatic carbocycles. The largest absolute Gasteiger partial charge is 0.248 e. The number of aromatic nitrogens is 1. The van der Waals surface area contributed by atoms with E-state index in [9.17, 15) is 0 Å². The molecule has 1 aromatic rings. The number of nitrogens with zero attached hydrogens (tertiary/aromatic N) is 2. The van der Waals surface area contributed by atoms with Gasteiger partial charge in [0.05, 0.1) is 17.3 Å². The van der Waals surface area contributed by atoms with Crippen LogP contribution < -0.4 is 0 Å². The maximum absolute atomic E-state index is 8.92. The Balaban J connectivity index is 2.34. The minimum Gasteiger partial charge on any atom is -0.248 e. The maximum atomic E-state index is 8.92. The average Bonchev–Trinajstić information content (AvgIpc) is 2.39. The summed E-state index contributed by atoms with van der Waals surface area (Å²) in [5.74, 6) is 0. The molecule has 1 saturated carbocycles. The van der Waals surface area contributed by atoms with Crippen LogP contribution in [0.25, 0.3) is 0 Å². The second kappa shape index (κ2) is 2.31. The van der Waals surface area contributed by atoms with Gasteiger partial charge in [0.1, 0.15) is 5.41 Å². The fourth-order valence-corrected chi connectivity index (χ4v) is 2.06. The molecule has 2 rings (SSSR count). The fourth-order valence-electron chi connectivity index (χ4n) is 1.40. The number of rotatable bonds is 1. The smallest absolute Gasteiger partial charge is 0.100 e. The zero-order chi connectivity index (χ0) is 7.73. The molecule has 0 amide bonds. The summed E-state index contributed by atoms with van der Waals surface area (Å²) in [6.45, 7) is 0. The van der Waals surface area contributed by atoms with Gasteiger partial charge in [0.15, 0.2) is 0 Å². The van der Waals surface area contributed by atoms with Crippen LogP contribution >= 0.6 is 11.3 Å². The molecule has 2 nitrogen and oxygen atoms in total. The Morgan fingerprint density at radius 1 is 1.64 bits per heavy atom. The Kier molecular flexibility index (Phi) is 1.43. The third kappa shape index (κ3) is 0.865. The molecule has 11 heavy (non-hydrogen) atoms. The van der Waals surface area contributed by atoms with Gasteiger partial charge in [-0.2, -0.15) is 5.26 Å². The molecule has 1 aliphatic rings. The van der Waals surface area contributed by atoms with Gasteiger partial charge >= 0.3 is 0 Å². The van der Waals surface area contributed by atoms with E-state index in [1.54, 1.807) is 16.8 Å². The summed E-state index contributed by atoms with van der Waals surface area (Å²) in [6.07, 6.45) is 3.16. The third-order valence-electron chi connectivity index (χ3n) is 2.34. The topological polar surface area (TPSA) is 36.7 Å². The molecular formula is C8H8N2S. The second-order valence-corrected chi connectivity index (χ2v) is 3.64. The van der Waals surface area contributed by atoms with Gasteiger partial charge < -0.3 is 0 Å². The van der Waals surface area contributed by atoms with Crippen molar-refractivity contribution in [2.45, 2.75) is 24.7 Å². The van der Waals surface area contributed by atoms with E-state index in [4.69, 9.17) is 5.26 Å². The van der Waals surface area contributed by atoms with Crippen LogP contribution in [-0.4, -0.2) is 4.98 Å². The Morgan fingerprint density at radius 2 is 2.45 bits per heavy atom. The molecule has 1 fully saturated rings. The number of thiazole rings is 1. The van der Waals surface area contributed by atoms with E-state index in [0.717, 1.165) is 18.5 Å². The lowest BCUT2D eigenvalue weighted by Crippen LogP contribution is -2.32. The van der Waals surface area contributed by atoms with Crippen LogP contribution in [-0.2, 0) is 5.41 Å². The van der Waals surface area contributed by atoms with E-state index in [2.05, 4.69) is 11.1 Å². The molecule has 0 aliphatic heterocycles. The van der Waals surface area contributed by atoms with E-state index in [-0.39, 0.29) is 5.41 Å². The molecular weight excluding hydrogens is 156 g/mol. The zero-order valence-electron chi connectivity index (χ0n) is 6.08. The van der Waals surface area contributed by atoms with Crippen LogP contribution in [0.15, 0.2) is 10.9 Å². The lowest BCUT2D eigenvalue weighted by atomic mass is 9.68. The van der Waals surface area contributed by atoms with Crippen molar-refractivity contribution in [3.05, 3.63) is 16.6 Å². The average molecular weight is 164 g/mol. The first kappa shape index (κ1) is 6.81. The maximum Gasteiger partial charge on any atom is 0.100 e. The van der Waals surface area contributed by atoms with Crippen molar-refractivity contribution in [3.8, 4) is 6.07 Å². The molecule has 0 saturated heterocycles. The quantitative estimate of drug-likeness (QED) is 0.637. The summed E-state index contributed by atoms with van der Waals surface area (Å²) in [5, 5.41) is 10.9. The van der Waals surface area contributed by atoms with Crippen molar-refractivity contribution in [2.24, 2.45) is 0 Å². The zero-order valence-corrected chi connectivity index (χ0v) is 6.90. The Labute approximate surface area is 69.5 Å². The highest BCUT2D eigenvalue weighted by molar-refractivity contribution is 7.07. The molecule has 0 spiro atoms. The van der Waals surface area contributed by atoms with Crippen molar-refractivity contribution in [3.63, 3.8) is 0 Å². The van der Waals surface area contributed by atoms with E-state index in [0.29, 0.717) is 0 Å². The molecule has 0 aromatic carbocycles. The molecule has 0 radical (unpaired) electrons. The van der Waals surface area contributed by atoms with E-state index in [1.165, 1.54) is 6.42 Å². The van der Waals surface area contributed by atoms with E-state index < -0.39 is 0 Å². The Hall–Kier alpha value is -0.880. The molecule has 0 N–H and O–H groups in total. The molecule has 3 heteroatoms. The lowest BCUT2D eigenvalue weighted by Gasteiger charge is -2.33. The first-order chi connectivity index (χ1) is 5.37. The summed E-state index contributed by atoms with van der Waals surface area (Å²) in [7, 11) is 0. The second-order valence-electron chi connectivity index (χ2n) is 2.92. The van der Waals surface area contributed by atoms with Crippen molar-refractivity contribution < 1.29 is 0 Å². The summed E-state index contributed by atoms with van der Waals surface area (Å²) in [6, 6.07) is 2.36. The SMILES string of the molecule is N#CC1(c2cscn2)CCC1. The summed E-state index contributed by atoms with van der Waals surface area (Å²) < 4.78 is 0. The van der Waals surface area contributed by atoms with Crippen LogP contribution in [0.3, 0.4) is 0 Å². The number of nitriles is 1. The molecule has 1 heterocycles. The predicted molar refractivity (Wildman–Crippen MR) is 43.3 cm³/mol. The number of hydrogen-bond acceptors (Lipinski definition) is 3. The van der Waals surface area contributed by atoms with Gasteiger partial charge in [-0.05, 0) is 19.3 Å². The van der Waals surface area contributed by atoms with Gasteiger partial charge in [0.25, 0.3) is 0 Å². The monoisotopic (exact) mass is 164 g/mol. The van der Waals surface area contributed by atoms with Gasteiger partial charge in [-0.15, -0.1) is 11.3 Å². The molecule has 1 aromatic heterocycles. The first-order valence-electron chi connectivity index (χ1n) is 3.67. The van der Waals surface area contributed by atoms with Crippen molar-refractivity contribution >= 4 is 11.3 Å². The van der Waals surface area contributed by atoms with Crippen molar-refractivity contribution in [1.29, 1.82) is 5.26 Å². The Morgan fingerprint density at radius 3 is 2.82 bits per heavy atom. The molecule has 0 unspecified atom stereocenters. The number of hydrogen-bond donors (Lipinski definition) is 0. The lowest BCUT2D eigenvalue weighted by molar-refractivity contribution is 0.317. The van der Waals surface area contributed by atoms with Crippen molar-refractivity contribution in [1.82, 2.24) is 4.98 Å². The van der Waals surface area contributed by atoms with Gasteiger partial charge in [-0.25, -0.2) is 4.98 Å². The van der Waals surface area contributed by atoms with Gasteiger partial charge in [0, 0.05) is 5.38 Å². The van der Waals surface area contributed by atoms with Gasteiger partial charge in [0.2, 0.25) is 0 Å². The van der Waals surface area contributed by atoms with Crippen molar-refractivity contribution in [2.75, 3.05) is 0 Å². The van der Waals surface area contributed by atoms with Gasteiger partial charge in [-0.1, -0.05) is 0 Å². The highest BCUT2D eigenvalue weighted by atomic mass is 32.1. The fraction of sp³-hybridized carbons (Fsp3) is 0.500. The highest BCUT2D eigenvalue weighted by Gasteiger charge is 2.40. The minimum atomic E-state index is -0.208. The standard InChI is InChI=1S/C8H8N2S/c9-5-8(2-1-3-8)7-4-11-6-10-7/h4,6H,1-3H2. The van der Waals surface area contributed by atoms with Crippen LogP contribution in [0.2, 0.25) is 0 Å². The molecule has 0 atom stereocenters. The minimum absolute atomic E-state index is 0.208. The highest BCUT2D eigenvalue weighted by Crippen LogP contribution is 2.42. The van der Waals surface area contributed by atoms with Gasteiger partial charge in [-0.3, -0.25) is 0 Å². The van der Waals surface area contributed by atoms with E-state index >= 15 is 0 Å². The summed E-state index contributed by atoms with van der Waals surface area (Å²) in [4.78, 5) is 4.18. The summed E-state index contributed by atoms with van der Waals surface area (Å²) >= 11 is 1.57. The van der Waals surface area contributed by atoms with E-state index in [1.807, 2.05) is 5.38 Å². The predicted octanol–water partition coefficient (Wildman–Crippen LogP) is 2.09. The van der Waals surface area contributed by atoms with Crippen LogP contribution in [0.4, 0.5) is 0 Å².